The first kappa shape index (κ1) is 17.9. The molecule has 3 atom stereocenters. The molecule has 0 aromatic carbocycles. The van der Waals surface area contributed by atoms with Crippen LogP contribution in [0.4, 0.5) is 5.69 Å². The van der Waals surface area contributed by atoms with Crippen LogP contribution in [0, 0.1) is 17.8 Å². The minimum atomic E-state index is -0.602. The summed E-state index contributed by atoms with van der Waals surface area (Å²) in [5, 5.41) is 27.8. The van der Waals surface area contributed by atoms with Gasteiger partial charge in [-0.2, -0.15) is 0 Å². The number of H-pyrrole nitrogens is 1. The fraction of sp³-hybridized carbons (Fsp3) is 0.619. The number of carbonyl (C=O) groups is 1. The minimum Gasteiger partial charge on any atom is -0.392 e. The summed E-state index contributed by atoms with van der Waals surface area (Å²) in [5.41, 5.74) is 1.57. The van der Waals surface area contributed by atoms with Crippen molar-refractivity contribution in [2.45, 2.75) is 56.8 Å². The Hall–Kier alpha value is -2.12. The number of aliphatic hydroxyl groups excluding tert-OH is 1. The lowest BCUT2D eigenvalue weighted by molar-refractivity contribution is -0.129. The molecule has 28 heavy (non-hydrogen) atoms. The normalized spacial score (nSPS) is 34.5. The van der Waals surface area contributed by atoms with E-state index in [1.54, 1.807) is 13.1 Å². The zero-order valence-electron chi connectivity index (χ0n) is 16.1. The van der Waals surface area contributed by atoms with E-state index >= 15 is 0 Å². The van der Waals surface area contributed by atoms with Gasteiger partial charge in [-0.05, 0) is 62.8 Å². The highest BCUT2D eigenvalue weighted by atomic mass is 16.3. The Balaban J connectivity index is 1.47. The van der Waals surface area contributed by atoms with Gasteiger partial charge in [-0.15, -0.1) is 0 Å². The Morgan fingerprint density at radius 1 is 1.36 bits per heavy atom. The summed E-state index contributed by atoms with van der Waals surface area (Å²) in [6, 6.07) is 2.21. The van der Waals surface area contributed by atoms with Gasteiger partial charge in [0.15, 0.2) is 0 Å². The van der Waals surface area contributed by atoms with Crippen LogP contribution in [-0.2, 0) is 0 Å². The predicted octanol–water partition coefficient (Wildman–Crippen LogP) is 2.02. The van der Waals surface area contributed by atoms with Crippen LogP contribution >= 0.6 is 0 Å². The number of amides is 1. The van der Waals surface area contributed by atoms with Crippen molar-refractivity contribution in [3.63, 3.8) is 0 Å². The number of carbonyl (C=O) groups excluding carboxylic acids is 1. The zero-order chi connectivity index (χ0) is 19.5. The maximum Gasteiger partial charge on any atom is 0.255 e. The SMILES string of the molecule is CC(O)CNC(=O)c1cnc2[nH]ccc2c1NC1C2CC3CC1CC(O)(C3)C2. The molecule has 0 aliphatic heterocycles. The van der Waals surface area contributed by atoms with E-state index in [0.717, 1.165) is 48.8 Å². The molecular weight excluding hydrogens is 356 g/mol. The lowest BCUT2D eigenvalue weighted by Gasteiger charge is -2.58. The number of anilines is 1. The number of aliphatic hydroxyl groups is 2. The highest BCUT2D eigenvalue weighted by Crippen LogP contribution is 2.56. The molecule has 2 aromatic rings. The van der Waals surface area contributed by atoms with Gasteiger partial charge in [-0.3, -0.25) is 4.79 Å². The van der Waals surface area contributed by atoms with E-state index in [0.29, 0.717) is 23.3 Å². The summed E-state index contributed by atoms with van der Waals surface area (Å²) >= 11 is 0. The molecule has 0 saturated heterocycles. The molecule has 4 saturated carbocycles. The second kappa shape index (κ2) is 6.46. The Bertz CT molecular complexity index is 892. The average molecular weight is 384 g/mol. The molecule has 5 N–H and O–H groups in total. The summed E-state index contributed by atoms with van der Waals surface area (Å²) in [7, 11) is 0. The Kier molecular flexibility index (Phi) is 4.14. The Morgan fingerprint density at radius 3 is 2.79 bits per heavy atom. The van der Waals surface area contributed by atoms with Crippen LogP contribution in [0.1, 0.15) is 49.4 Å². The third kappa shape index (κ3) is 2.97. The zero-order valence-corrected chi connectivity index (χ0v) is 16.1. The molecule has 2 heterocycles. The van der Waals surface area contributed by atoms with E-state index in [2.05, 4.69) is 20.6 Å². The molecule has 4 bridgehead atoms. The number of aromatic nitrogens is 2. The highest BCUT2D eigenvalue weighted by Gasteiger charge is 2.54. The number of hydrogen-bond donors (Lipinski definition) is 5. The van der Waals surface area contributed by atoms with Gasteiger partial charge < -0.3 is 25.8 Å². The van der Waals surface area contributed by atoms with Crippen molar-refractivity contribution in [1.29, 1.82) is 0 Å². The molecule has 150 valence electrons. The van der Waals surface area contributed by atoms with Gasteiger partial charge in [-0.25, -0.2) is 4.98 Å². The molecule has 7 heteroatoms. The number of fused-ring (bicyclic) bond motifs is 1. The van der Waals surface area contributed by atoms with Crippen LogP contribution < -0.4 is 10.6 Å². The summed E-state index contributed by atoms with van der Waals surface area (Å²) in [5.74, 6) is 1.28. The molecule has 4 aliphatic rings. The summed E-state index contributed by atoms with van der Waals surface area (Å²) in [4.78, 5) is 20.3. The minimum absolute atomic E-state index is 0.201. The van der Waals surface area contributed by atoms with Crippen molar-refractivity contribution in [1.82, 2.24) is 15.3 Å². The molecule has 6 rings (SSSR count). The molecule has 7 nitrogen and oxygen atoms in total. The molecule has 2 aromatic heterocycles. The van der Waals surface area contributed by atoms with Crippen molar-refractivity contribution in [3.8, 4) is 0 Å². The summed E-state index contributed by atoms with van der Waals surface area (Å²) < 4.78 is 0. The number of pyridine rings is 1. The first-order chi connectivity index (χ1) is 13.4. The highest BCUT2D eigenvalue weighted by molar-refractivity contribution is 6.06. The van der Waals surface area contributed by atoms with Crippen molar-refractivity contribution in [3.05, 3.63) is 24.0 Å². The second-order valence-electron chi connectivity index (χ2n) is 9.21. The van der Waals surface area contributed by atoms with Crippen molar-refractivity contribution in [2.24, 2.45) is 17.8 Å². The maximum absolute atomic E-state index is 12.8. The van der Waals surface area contributed by atoms with Crippen molar-refractivity contribution in [2.75, 3.05) is 11.9 Å². The topological polar surface area (TPSA) is 110 Å². The summed E-state index contributed by atoms with van der Waals surface area (Å²) in [6.45, 7) is 1.85. The third-order valence-corrected chi connectivity index (χ3v) is 6.94. The first-order valence-corrected chi connectivity index (χ1v) is 10.3. The van der Waals surface area contributed by atoms with Gasteiger partial charge in [-0.1, -0.05) is 0 Å². The Morgan fingerprint density at radius 2 is 2.11 bits per heavy atom. The number of hydrogen-bond acceptors (Lipinski definition) is 5. The molecule has 4 aliphatic carbocycles. The lowest BCUT2D eigenvalue weighted by Crippen LogP contribution is -2.59. The number of nitrogens with zero attached hydrogens (tertiary/aromatic N) is 1. The first-order valence-electron chi connectivity index (χ1n) is 10.3. The number of nitrogens with one attached hydrogen (secondary N) is 3. The number of aromatic amines is 1. The van der Waals surface area contributed by atoms with Crippen LogP contribution in [0.2, 0.25) is 0 Å². The standard InChI is InChI=1S/C21H28N4O3/c1-11(26)9-24-20(27)16-10-23-19-15(2-3-22-19)18(16)25-17-13-4-12-5-14(17)8-21(28,6-12)7-13/h2-3,10-14,17,26,28H,4-9H2,1H3,(H,24,27)(H2,22,23,25). The predicted molar refractivity (Wildman–Crippen MR) is 106 cm³/mol. The van der Waals surface area contributed by atoms with Gasteiger partial charge in [0.05, 0.1) is 23.0 Å². The van der Waals surface area contributed by atoms with Gasteiger partial charge in [0.2, 0.25) is 0 Å². The summed E-state index contributed by atoms with van der Waals surface area (Å²) in [6.07, 6.45) is 7.79. The molecule has 3 unspecified atom stereocenters. The van der Waals surface area contributed by atoms with Crippen LogP contribution in [0.3, 0.4) is 0 Å². The van der Waals surface area contributed by atoms with Gasteiger partial charge in [0.25, 0.3) is 5.91 Å². The third-order valence-electron chi connectivity index (χ3n) is 6.94. The quantitative estimate of drug-likeness (QED) is 0.542. The van der Waals surface area contributed by atoms with Crippen LogP contribution in [-0.4, -0.2) is 50.4 Å². The number of rotatable bonds is 5. The Labute approximate surface area is 163 Å². The average Bonchev–Trinajstić information content (AvgIpc) is 3.10. The maximum atomic E-state index is 12.8. The fourth-order valence-electron chi connectivity index (χ4n) is 6.05. The van der Waals surface area contributed by atoms with E-state index < -0.39 is 11.7 Å². The van der Waals surface area contributed by atoms with Crippen molar-refractivity contribution < 1.29 is 15.0 Å². The molecule has 4 fully saturated rings. The molecule has 0 radical (unpaired) electrons. The van der Waals surface area contributed by atoms with Crippen LogP contribution in [0.5, 0.6) is 0 Å². The lowest BCUT2D eigenvalue weighted by atomic mass is 9.52. The molecule has 0 spiro atoms. The molecular formula is C21H28N4O3. The van der Waals surface area contributed by atoms with Crippen LogP contribution in [0.25, 0.3) is 11.0 Å². The van der Waals surface area contributed by atoms with E-state index in [4.69, 9.17) is 0 Å². The van der Waals surface area contributed by atoms with Gasteiger partial charge in [0.1, 0.15) is 5.65 Å². The smallest absolute Gasteiger partial charge is 0.255 e. The second-order valence-corrected chi connectivity index (χ2v) is 9.21. The van der Waals surface area contributed by atoms with E-state index in [9.17, 15) is 15.0 Å². The van der Waals surface area contributed by atoms with Gasteiger partial charge in [0, 0.05) is 30.4 Å². The van der Waals surface area contributed by atoms with E-state index in [1.165, 1.54) is 0 Å². The molecule has 1 amide bonds. The van der Waals surface area contributed by atoms with E-state index in [1.807, 2.05) is 12.3 Å². The van der Waals surface area contributed by atoms with Crippen molar-refractivity contribution >= 4 is 22.6 Å². The van der Waals surface area contributed by atoms with E-state index in [-0.39, 0.29) is 18.5 Å². The van der Waals surface area contributed by atoms with Crippen LogP contribution in [0.15, 0.2) is 18.5 Å². The monoisotopic (exact) mass is 384 g/mol. The largest absolute Gasteiger partial charge is 0.392 e. The fourth-order valence-corrected chi connectivity index (χ4v) is 6.05. The van der Waals surface area contributed by atoms with Gasteiger partial charge >= 0.3 is 0 Å².